The first-order valence-corrected chi connectivity index (χ1v) is 15.6. The monoisotopic (exact) mass is 534 g/mol. The van der Waals surface area contributed by atoms with Gasteiger partial charge in [0.05, 0.1) is 5.56 Å². The summed E-state index contributed by atoms with van der Waals surface area (Å²) in [7, 11) is 0. The van der Waals surface area contributed by atoms with Crippen LogP contribution in [0.4, 0.5) is 0 Å². The smallest absolute Gasteiger partial charge is 0.335 e. The molecule has 0 amide bonds. The van der Waals surface area contributed by atoms with Crippen molar-refractivity contribution in [1.29, 1.82) is 0 Å². The van der Waals surface area contributed by atoms with E-state index in [9.17, 15) is 19.8 Å². The van der Waals surface area contributed by atoms with Crippen molar-refractivity contribution in [3.05, 3.63) is 35.9 Å². The van der Waals surface area contributed by atoms with Gasteiger partial charge in [-0.3, -0.25) is 0 Å². The van der Waals surface area contributed by atoms with Crippen LogP contribution in [-0.4, -0.2) is 32.9 Å². The van der Waals surface area contributed by atoms with E-state index in [4.69, 9.17) is 5.11 Å². The van der Waals surface area contributed by atoms with Crippen LogP contribution in [0.2, 0.25) is 0 Å². The molecule has 0 aliphatic heterocycles. The molecule has 220 valence electrons. The van der Waals surface area contributed by atoms with Crippen molar-refractivity contribution < 1.29 is 24.9 Å². The number of carboxylic acids is 2. The second-order valence-electron chi connectivity index (χ2n) is 10.8. The van der Waals surface area contributed by atoms with E-state index in [1.807, 2.05) is 6.92 Å². The Labute approximate surface area is 233 Å². The third-order valence-electron chi connectivity index (χ3n) is 7.63. The van der Waals surface area contributed by atoms with E-state index in [-0.39, 0.29) is 5.92 Å². The summed E-state index contributed by atoms with van der Waals surface area (Å²) in [5, 5.41) is 28.9. The lowest BCUT2D eigenvalue weighted by atomic mass is 9.78. The number of hydrogen-bond donors (Lipinski definition) is 3. The van der Waals surface area contributed by atoms with Crippen molar-refractivity contribution in [3.63, 3.8) is 0 Å². The van der Waals surface area contributed by atoms with Crippen LogP contribution in [0, 0.1) is 5.92 Å². The average molecular weight is 535 g/mol. The minimum Gasteiger partial charge on any atom is -0.479 e. The molecule has 0 fully saturated rings. The number of aromatic carboxylic acids is 1. The minimum atomic E-state index is -1.53. The maximum Gasteiger partial charge on any atom is 0.335 e. The van der Waals surface area contributed by atoms with E-state index in [1.165, 1.54) is 77.0 Å². The Hall–Kier alpha value is -1.88. The fourth-order valence-corrected chi connectivity index (χ4v) is 5.08. The van der Waals surface area contributed by atoms with Gasteiger partial charge in [0.1, 0.15) is 0 Å². The fourth-order valence-electron chi connectivity index (χ4n) is 5.08. The van der Waals surface area contributed by atoms with Gasteiger partial charge in [-0.15, -0.1) is 0 Å². The van der Waals surface area contributed by atoms with Crippen LogP contribution in [0.25, 0.3) is 0 Å². The summed E-state index contributed by atoms with van der Waals surface area (Å²) in [4.78, 5) is 22.0. The van der Waals surface area contributed by atoms with E-state index < -0.39 is 17.5 Å². The lowest BCUT2D eigenvalue weighted by molar-refractivity contribution is -0.167. The van der Waals surface area contributed by atoms with E-state index in [0.717, 1.165) is 44.9 Å². The number of carbonyl (C=O) groups is 2. The van der Waals surface area contributed by atoms with Gasteiger partial charge < -0.3 is 15.3 Å². The summed E-state index contributed by atoms with van der Waals surface area (Å²) in [6.45, 7) is 6.43. The van der Waals surface area contributed by atoms with Crippen molar-refractivity contribution in [2.45, 2.75) is 155 Å². The maximum absolute atomic E-state index is 11.8. The maximum atomic E-state index is 11.8. The van der Waals surface area contributed by atoms with E-state index in [1.54, 1.807) is 30.3 Å². The highest BCUT2D eigenvalue weighted by Crippen LogP contribution is 2.32. The second-order valence-corrected chi connectivity index (χ2v) is 10.8. The molecule has 1 aromatic rings. The van der Waals surface area contributed by atoms with Gasteiger partial charge in [-0.2, -0.15) is 0 Å². The molecule has 1 aromatic carbocycles. The number of carboxylic acid groups (broad SMARTS) is 2. The molecule has 0 aromatic heterocycles. The summed E-state index contributed by atoms with van der Waals surface area (Å²) in [5.41, 5.74) is -1.20. The Kier molecular flexibility index (Phi) is 23.0. The van der Waals surface area contributed by atoms with Gasteiger partial charge in [0.15, 0.2) is 5.60 Å². The van der Waals surface area contributed by atoms with Crippen LogP contribution >= 0.6 is 0 Å². The molecular weight excluding hydrogens is 476 g/mol. The quantitative estimate of drug-likeness (QED) is 0.121. The first-order chi connectivity index (χ1) is 18.3. The number of hydrogen-bond acceptors (Lipinski definition) is 3. The van der Waals surface area contributed by atoms with Crippen LogP contribution < -0.4 is 0 Å². The molecule has 38 heavy (non-hydrogen) atoms. The van der Waals surface area contributed by atoms with Gasteiger partial charge in [0, 0.05) is 0 Å². The second kappa shape index (κ2) is 24.2. The van der Waals surface area contributed by atoms with Gasteiger partial charge in [-0.05, 0) is 43.7 Å². The van der Waals surface area contributed by atoms with Gasteiger partial charge in [0.25, 0.3) is 0 Å². The highest BCUT2D eigenvalue weighted by atomic mass is 16.4. The first-order valence-electron chi connectivity index (χ1n) is 15.6. The molecule has 0 aliphatic rings. The van der Waals surface area contributed by atoms with Crippen LogP contribution in [0.1, 0.15) is 160 Å². The standard InChI is InChI=1S/C26H52O3.C7H6O2/c1-4-7-9-10-11-12-13-14-15-16-17-18-19-21-23-26(29,25(27)28)24(6-3)22-20-8-5-2;8-7(9)6-4-2-1-3-5-6/h24,29H,4-23H2,1-3H3,(H,27,28);1-5H,(H,8,9). The largest absolute Gasteiger partial charge is 0.479 e. The molecule has 0 saturated carbocycles. The zero-order chi connectivity index (χ0) is 28.5. The Morgan fingerprint density at radius 2 is 1.08 bits per heavy atom. The fraction of sp³-hybridized carbons (Fsp3) is 0.758. The minimum absolute atomic E-state index is 0.117. The summed E-state index contributed by atoms with van der Waals surface area (Å²) in [6.07, 6.45) is 23.2. The van der Waals surface area contributed by atoms with Crippen LogP contribution in [0.15, 0.2) is 30.3 Å². The zero-order valence-electron chi connectivity index (χ0n) is 24.8. The van der Waals surface area contributed by atoms with E-state index in [2.05, 4.69) is 13.8 Å². The summed E-state index contributed by atoms with van der Waals surface area (Å²) < 4.78 is 0. The van der Waals surface area contributed by atoms with Crippen molar-refractivity contribution in [2.24, 2.45) is 5.92 Å². The third-order valence-corrected chi connectivity index (χ3v) is 7.63. The van der Waals surface area contributed by atoms with E-state index in [0.29, 0.717) is 12.0 Å². The van der Waals surface area contributed by atoms with Crippen molar-refractivity contribution >= 4 is 11.9 Å². The molecule has 5 heteroatoms. The lowest BCUT2D eigenvalue weighted by Crippen LogP contribution is -2.45. The van der Waals surface area contributed by atoms with Crippen molar-refractivity contribution in [1.82, 2.24) is 0 Å². The normalized spacial score (nSPS) is 13.3. The summed E-state index contributed by atoms with van der Waals surface area (Å²) >= 11 is 0. The van der Waals surface area contributed by atoms with Crippen LogP contribution in [0.5, 0.6) is 0 Å². The molecule has 2 atom stereocenters. The van der Waals surface area contributed by atoms with Crippen molar-refractivity contribution in [2.75, 3.05) is 0 Å². The van der Waals surface area contributed by atoms with Gasteiger partial charge in [0.2, 0.25) is 0 Å². The third kappa shape index (κ3) is 17.6. The molecule has 0 radical (unpaired) electrons. The average Bonchev–Trinajstić information content (AvgIpc) is 2.92. The molecule has 5 nitrogen and oxygen atoms in total. The lowest BCUT2D eigenvalue weighted by Gasteiger charge is -2.32. The number of rotatable bonds is 23. The van der Waals surface area contributed by atoms with Crippen LogP contribution in [0.3, 0.4) is 0 Å². The summed E-state index contributed by atoms with van der Waals surface area (Å²) in [5.74, 6) is -2.01. The van der Waals surface area contributed by atoms with Gasteiger partial charge in [-0.1, -0.05) is 142 Å². The molecule has 2 unspecified atom stereocenters. The predicted molar refractivity (Wildman–Crippen MR) is 159 cm³/mol. The molecule has 3 N–H and O–H groups in total. The van der Waals surface area contributed by atoms with E-state index >= 15 is 0 Å². The highest BCUT2D eigenvalue weighted by molar-refractivity contribution is 5.87. The number of unbranched alkanes of at least 4 members (excludes halogenated alkanes) is 15. The number of aliphatic carboxylic acids is 1. The predicted octanol–water partition coefficient (Wildman–Crippen LogP) is 9.66. The van der Waals surface area contributed by atoms with Gasteiger partial charge >= 0.3 is 11.9 Å². The van der Waals surface area contributed by atoms with Crippen LogP contribution in [-0.2, 0) is 4.79 Å². The molecule has 0 bridgehead atoms. The SMILES string of the molecule is CCCCCCCCCCCCCCCCC(O)(C(=O)O)C(CC)CCCCC.O=C(O)c1ccccc1. The zero-order valence-corrected chi connectivity index (χ0v) is 24.8. The molecule has 0 spiro atoms. The van der Waals surface area contributed by atoms with Crippen molar-refractivity contribution in [3.8, 4) is 0 Å². The van der Waals surface area contributed by atoms with Gasteiger partial charge in [-0.25, -0.2) is 9.59 Å². The molecule has 0 saturated heterocycles. The topological polar surface area (TPSA) is 94.8 Å². The summed E-state index contributed by atoms with van der Waals surface area (Å²) in [6, 6.07) is 8.30. The Morgan fingerprint density at radius 1 is 0.658 bits per heavy atom. The molecule has 0 aliphatic carbocycles. The molecule has 1 rings (SSSR count). The molecule has 0 heterocycles. The first kappa shape index (κ1) is 36.1. The Bertz CT molecular complexity index is 690. The number of benzene rings is 1. The number of aliphatic hydroxyl groups is 1. The highest BCUT2D eigenvalue weighted by Gasteiger charge is 2.42. The molecular formula is C33H58O5. The Balaban J connectivity index is 0.00000127. The Morgan fingerprint density at radius 3 is 1.45 bits per heavy atom.